The number of halogens is 1. The molecule has 1 aliphatic rings. The molecule has 6 nitrogen and oxygen atoms in total. The second-order valence-electron chi connectivity index (χ2n) is 6.68. The molecule has 0 radical (unpaired) electrons. The molecule has 3 rings (SSSR count). The zero-order chi connectivity index (χ0) is 17.8. The van der Waals surface area contributed by atoms with E-state index in [2.05, 4.69) is 15.7 Å². The Kier molecular flexibility index (Phi) is 7.06. The Morgan fingerprint density at radius 1 is 1.35 bits per heavy atom. The number of ether oxygens (including phenoxy) is 1. The molecule has 142 valence electrons. The third-order valence-electron chi connectivity index (χ3n) is 4.76. The minimum atomic E-state index is -0.0654. The lowest BCUT2D eigenvalue weighted by atomic mass is 9.90. The van der Waals surface area contributed by atoms with Gasteiger partial charge in [-0.1, -0.05) is 18.2 Å². The largest absolute Gasteiger partial charge is 0.491 e. The van der Waals surface area contributed by atoms with E-state index in [1.165, 1.54) is 0 Å². The van der Waals surface area contributed by atoms with Gasteiger partial charge in [-0.3, -0.25) is 9.48 Å². The monoisotopic (exact) mass is 378 g/mol. The molecule has 0 saturated carbocycles. The van der Waals surface area contributed by atoms with E-state index < -0.39 is 0 Å². The molecule has 0 spiro atoms. The summed E-state index contributed by atoms with van der Waals surface area (Å²) in [6, 6.07) is 6.08. The first kappa shape index (κ1) is 20.3. The second kappa shape index (κ2) is 9.05. The summed E-state index contributed by atoms with van der Waals surface area (Å²) in [6.07, 6.45) is 3.84. The van der Waals surface area contributed by atoms with Crippen molar-refractivity contribution in [2.45, 2.75) is 19.8 Å². The number of nitrogens with one attached hydrogen (secondary N) is 2. The highest BCUT2D eigenvalue weighted by atomic mass is 35.5. The highest BCUT2D eigenvalue weighted by molar-refractivity contribution is 5.85. The molecule has 1 aliphatic heterocycles. The molecule has 1 fully saturated rings. The van der Waals surface area contributed by atoms with Crippen LogP contribution in [0.5, 0.6) is 5.75 Å². The van der Waals surface area contributed by atoms with Crippen LogP contribution in [0.2, 0.25) is 0 Å². The minimum absolute atomic E-state index is 0. The van der Waals surface area contributed by atoms with Crippen molar-refractivity contribution in [3.05, 3.63) is 47.3 Å². The molecular formula is C19H27ClN4O2. The number of aryl methyl sites for hydroxylation is 3. The maximum Gasteiger partial charge on any atom is 0.225 e. The highest BCUT2D eigenvalue weighted by Gasteiger charge is 2.34. The van der Waals surface area contributed by atoms with E-state index in [1.807, 2.05) is 51.5 Å². The van der Waals surface area contributed by atoms with Crippen LogP contribution in [-0.4, -0.2) is 41.9 Å². The van der Waals surface area contributed by atoms with E-state index >= 15 is 0 Å². The number of carbonyl (C=O) groups excluding carboxylic acids is 1. The van der Waals surface area contributed by atoms with Crippen LogP contribution in [0.4, 0.5) is 0 Å². The fourth-order valence-electron chi connectivity index (χ4n) is 3.42. The number of para-hydroxylation sites is 1. The van der Waals surface area contributed by atoms with E-state index in [0.29, 0.717) is 19.7 Å². The van der Waals surface area contributed by atoms with E-state index in [9.17, 15) is 4.79 Å². The number of hydrogen-bond acceptors (Lipinski definition) is 4. The molecule has 2 heterocycles. The van der Waals surface area contributed by atoms with Gasteiger partial charge in [0.05, 0.1) is 18.7 Å². The average Bonchev–Trinajstić information content (AvgIpc) is 3.22. The van der Waals surface area contributed by atoms with Gasteiger partial charge in [-0.15, -0.1) is 12.4 Å². The minimum Gasteiger partial charge on any atom is -0.491 e. The van der Waals surface area contributed by atoms with Gasteiger partial charge in [-0.2, -0.15) is 5.10 Å². The Morgan fingerprint density at radius 2 is 2.08 bits per heavy atom. The summed E-state index contributed by atoms with van der Waals surface area (Å²) < 4.78 is 7.63. The average molecular weight is 379 g/mol. The van der Waals surface area contributed by atoms with Crippen LogP contribution in [0.1, 0.15) is 22.6 Å². The Morgan fingerprint density at radius 3 is 2.73 bits per heavy atom. The molecule has 1 aromatic carbocycles. The molecule has 26 heavy (non-hydrogen) atoms. The van der Waals surface area contributed by atoms with Crippen molar-refractivity contribution in [2.24, 2.45) is 13.0 Å². The number of nitrogens with zero attached hydrogens (tertiary/aromatic N) is 2. The topological polar surface area (TPSA) is 68.2 Å². The molecular weight excluding hydrogens is 352 g/mol. The second-order valence-corrected chi connectivity index (χ2v) is 6.68. The van der Waals surface area contributed by atoms with Gasteiger partial charge in [-0.05, 0) is 30.5 Å². The van der Waals surface area contributed by atoms with Gasteiger partial charge in [0.2, 0.25) is 5.91 Å². The smallest absolute Gasteiger partial charge is 0.225 e. The van der Waals surface area contributed by atoms with Crippen LogP contribution < -0.4 is 15.4 Å². The van der Waals surface area contributed by atoms with Crippen LogP contribution in [0.3, 0.4) is 0 Å². The molecule has 1 saturated heterocycles. The van der Waals surface area contributed by atoms with E-state index in [1.54, 1.807) is 4.68 Å². The molecule has 0 bridgehead atoms. The predicted molar refractivity (Wildman–Crippen MR) is 104 cm³/mol. The molecule has 1 amide bonds. The lowest BCUT2D eigenvalue weighted by Crippen LogP contribution is -2.36. The molecule has 2 aromatic rings. The molecule has 1 aromatic heterocycles. The third kappa shape index (κ3) is 4.56. The van der Waals surface area contributed by atoms with Crippen molar-refractivity contribution in [1.82, 2.24) is 20.4 Å². The van der Waals surface area contributed by atoms with E-state index in [-0.39, 0.29) is 30.2 Å². The van der Waals surface area contributed by atoms with E-state index in [4.69, 9.17) is 4.74 Å². The molecule has 0 unspecified atom stereocenters. The summed E-state index contributed by atoms with van der Waals surface area (Å²) in [5.74, 6) is 1.09. The van der Waals surface area contributed by atoms with Crippen molar-refractivity contribution < 1.29 is 9.53 Å². The molecule has 2 atom stereocenters. The van der Waals surface area contributed by atoms with Crippen molar-refractivity contribution in [3.8, 4) is 5.75 Å². The zero-order valence-electron chi connectivity index (χ0n) is 15.5. The lowest BCUT2D eigenvalue weighted by Gasteiger charge is -2.17. The summed E-state index contributed by atoms with van der Waals surface area (Å²) in [5.41, 5.74) is 3.34. The number of rotatable bonds is 6. The normalized spacial score (nSPS) is 19.0. The van der Waals surface area contributed by atoms with Gasteiger partial charge < -0.3 is 15.4 Å². The van der Waals surface area contributed by atoms with Gasteiger partial charge in [-0.25, -0.2) is 0 Å². The first-order valence-corrected chi connectivity index (χ1v) is 8.72. The summed E-state index contributed by atoms with van der Waals surface area (Å²) in [7, 11) is 1.89. The maximum absolute atomic E-state index is 12.5. The maximum atomic E-state index is 12.5. The number of hydrogen-bond donors (Lipinski definition) is 2. The third-order valence-corrected chi connectivity index (χ3v) is 4.76. The van der Waals surface area contributed by atoms with Crippen molar-refractivity contribution in [1.29, 1.82) is 0 Å². The Balaban J connectivity index is 0.00000243. The van der Waals surface area contributed by atoms with Crippen LogP contribution in [-0.2, 0) is 11.8 Å². The summed E-state index contributed by atoms with van der Waals surface area (Å²) in [5, 5.41) is 10.5. The van der Waals surface area contributed by atoms with Crippen LogP contribution in [0.25, 0.3) is 0 Å². The van der Waals surface area contributed by atoms with Gasteiger partial charge in [0, 0.05) is 32.3 Å². The summed E-state index contributed by atoms with van der Waals surface area (Å²) in [6.45, 7) is 6.54. The van der Waals surface area contributed by atoms with Crippen molar-refractivity contribution >= 4 is 18.3 Å². The zero-order valence-corrected chi connectivity index (χ0v) is 16.3. The van der Waals surface area contributed by atoms with Crippen molar-refractivity contribution in [3.63, 3.8) is 0 Å². The standard InChI is InChI=1S/C19H26N4O2.ClH/c1-13-5-4-6-14(2)18(13)25-8-7-21-19(24)17-11-20-10-16(17)15-9-22-23(3)12-15;/h4-6,9,12,16-17,20H,7-8,10-11H2,1-3H3,(H,21,24);1H/t16-,17+;/m1./s1. The fraction of sp³-hybridized carbons (Fsp3) is 0.474. The molecule has 2 N–H and O–H groups in total. The number of carbonyl (C=O) groups is 1. The van der Waals surface area contributed by atoms with Crippen LogP contribution in [0.15, 0.2) is 30.6 Å². The highest BCUT2D eigenvalue weighted by Crippen LogP contribution is 2.28. The molecule has 7 heteroatoms. The predicted octanol–water partition coefficient (Wildman–Crippen LogP) is 1.96. The Labute approximate surface area is 160 Å². The lowest BCUT2D eigenvalue weighted by molar-refractivity contribution is -0.124. The van der Waals surface area contributed by atoms with Crippen LogP contribution in [0, 0.1) is 19.8 Å². The fourth-order valence-corrected chi connectivity index (χ4v) is 3.42. The van der Waals surface area contributed by atoms with Gasteiger partial charge in [0.15, 0.2) is 0 Å². The van der Waals surface area contributed by atoms with Crippen molar-refractivity contribution in [2.75, 3.05) is 26.2 Å². The number of benzene rings is 1. The summed E-state index contributed by atoms with van der Waals surface area (Å²) in [4.78, 5) is 12.5. The quantitative estimate of drug-likeness (QED) is 0.754. The van der Waals surface area contributed by atoms with Crippen LogP contribution >= 0.6 is 12.4 Å². The number of amides is 1. The number of aromatic nitrogens is 2. The SMILES string of the molecule is Cc1cccc(C)c1OCCNC(=O)[C@H]1CNC[C@@H]1c1cnn(C)c1.Cl. The summed E-state index contributed by atoms with van der Waals surface area (Å²) >= 11 is 0. The molecule has 0 aliphatic carbocycles. The first-order chi connectivity index (χ1) is 12.1. The van der Waals surface area contributed by atoms with Gasteiger partial charge in [0.25, 0.3) is 0 Å². The Bertz CT molecular complexity index is 727. The van der Waals surface area contributed by atoms with Gasteiger partial charge >= 0.3 is 0 Å². The van der Waals surface area contributed by atoms with E-state index in [0.717, 1.165) is 29.0 Å². The van der Waals surface area contributed by atoms with Gasteiger partial charge in [0.1, 0.15) is 12.4 Å². The first-order valence-electron chi connectivity index (χ1n) is 8.72. The Hall–Kier alpha value is -2.05.